The molecule has 232 valence electrons. The van der Waals surface area contributed by atoms with E-state index >= 15 is 4.39 Å². The summed E-state index contributed by atoms with van der Waals surface area (Å²) >= 11 is 12.7. The number of hydrogen-bond donors (Lipinski definition) is 3. The Morgan fingerprint density at radius 1 is 1.12 bits per heavy atom. The topological polar surface area (TPSA) is 108 Å². The highest BCUT2D eigenvalue weighted by Crippen LogP contribution is 2.62. The fourth-order valence-electron chi connectivity index (χ4n) is 8.10. The fraction of sp³-hybridized carbons (Fsp3) is 0.548. The largest absolute Gasteiger partial charge is 0.352 e. The molecule has 2 spiro atoms. The van der Waals surface area contributed by atoms with Crippen molar-refractivity contribution in [1.29, 1.82) is 0 Å². The van der Waals surface area contributed by atoms with E-state index in [9.17, 15) is 18.0 Å². The van der Waals surface area contributed by atoms with E-state index in [0.29, 0.717) is 56.0 Å². The molecular weight excluding hydrogens is 614 g/mol. The maximum absolute atomic E-state index is 16.0. The maximum Gasteiger partial charge on any atom is 0.238 e. The van der Waals surface area contributed by atoms with Crippen molar-refractivity contribution in [3.8, 4) is 0 Å². The molecule has 8 nitrogen and oxygen atoms in total. The second kappa shape index (κ2) is 11.6. The van der Waals surface area contributed by atoms with Crippen LogP contribution in [-0.4, -0.2) is 74.4 Å². The molecule has 2 amide bonds. The molecule has 2 aromatic rings. The highest BCUT2D eigenvalue weighted by Gasteiger charge is 2.72. The van der Waals surface area contributed by atoms with Gasteiger partial charge in [0.15, 0.2) is 0 Å². The van der Waals surface area contributed by atoms with Crippen LogP contribution in [0.5, 0.6) is 0 Å². The molecule has 1 unspecified atom stereocenters. The summed E-state index contributed by atoms with van der Waals surface area (Å²) in [5.41, 5.74) is -0.522. The predicted octanol–water partition coefficient (Wildman–Crippen LogP) is 4.41. The van der Waals surface area contributed by atoms with Crippen LogP contribution >= 0.6 is 23.2 Å². The van der Waals surface area contributed by atoms with E-state index in [0.717, 1.165) is 24.8 Å². The van der Waals surface area contributed by atoms with Gasteiger partial charge in [-0.05, 0) is 55.0 Å². The maximum atomic E-state index is 16.0. The fourth-order valence-corrected chi connectivity index (χ4v) is 9.05. The van der Waals surface area contributed by atoms with Crippen LogP contribution < -0.4 is 16.0 Å². The van der Waals surface area contributed by atoms with Gasteiger partial charge in [0.1, 0.15) is 21.1 Å². The molecule has 2 saturated heterocycles. The molecule has 12 heteroatoms. The van der Waals surface area contributed by atoms with Gasteiger partial charge in [-0.2, -0.15) is 0 Å². The first kappa shape index (κ1) is 30.8. The van der Waals surface area contributed by atoms with Crippen LogP contribution in [0.15, 0.2) is 36.4 Å². The summed E-state index contributed by atoms with van der Waals surface area (Å²) in [6, 6.07) is 9.05. The lowest BCUT2D eigenvalue weighted by molar-refractivity contribution is -0.124. The van der Waals surface area contributed by atoms with Crippen molar-refractivity contribution in [3.63, 3.8) is 0 Å². The molecule has 3 fully saturated rings. The summed E-state index contributed by atoms with van der Waals surface area (Å²) in [7, 11) is -3.06. The normalized spacial score (nSPS) is 27.4. The molecule has 6 rings (SSSR count). The zero-order valence-corrected chi connectivity index (χ0v) is 26.4. The van der Waals surface area contributed by atoms with Crippen molar-refractivity contribution in [2.24, 2.45) is 0 Å². The van der Waals surface area contributed by atoms with Gasteiger partial charge in [0.25, 0.3) is 0 Å². The summed E-state index contributed by atoms with van der Waals surface area (Å²) in [6.45, 7) is 1.79. The number of rotatable bonds is 6. The van der Waals surface area contributed by atoms with Crippen molar-refractivity contribution < 1.29 is 22.4 Å². The standard InChI is InChI=1S/C31H37Cl2FN4O4S/c1-43(41,42)17-16-38-14-10-20(11-15-38)35-28(39)27-25(21-6-5-7-23(33)26(21)34)31(30(37-27)12-3-2-4-13-30)22-9-8-19(32)18-24(22)36-29(31)40/h5-9,18,20,25,27,37H,2-4,10-17H2,1H3,(H,35,39)(H,36,40)/t25-,27+,31?/m0/s1. The predicted molar refractivity (Wildman–Crippen MR) is 166 cm³/mol. The van der Waals surface area contributed by atoms with Crippen molar-refractivity contribution in [2.75, 3.05) is 37.0 Å². The van der Waals surface area contributed by atoms with Gasteiger partial charge < -0.3 is 15.5 Å². The first-order valence-corrected chi connectivity index (χ1v) is 17.8. The molecule has 1 aliphatic carbocycles. The van der Waals surface area contributed by atoms with E-state index in [-0.39, 0.29) is 34.2 Å². The number of likely N-dealkylation sites (tertiary alicyclic amines) is 1. The number of amides is 2. The number of halogens is 3. The summed E-state index contributed by atoms with van der Waals surface area (Å²) in [5.74, 6) is -1.95. The van der Waals surface area contributed by atoms with Gasteiger partial charge in [-0.3, -0.25) is 14.9 Å². The van der Waals surface area contributed by atoms with Crippen molar-refractivity contribution in [2.45, 2.75) is 73.9 Å². The number of sulfone groups is 1. The van der Waals surface area contributed by atoms with Crippen molar-refractivity contribution in [1.82, 2.24) is 15.5 Å². The highest BCUT2D eigenvalue weighted by atomic mass is 35.5. The minimum atomic E-state index is -3.06. The van der Waals surface area contributed by atoms with Crippen LogP contribution in [0.4, 0.5) is 10.1 Å². The summed E-state index contributed by atoms with van der Waals surface area (Å²) in [5, 5.41) is 10.3. The molecule has 2 aromatic carbocycles. The van der Waals surface area contributed by atoms with Crippen molar-refractivity contribution in [3.05, 3.63) is 63.4 Å². The van der Waals surface area contributed by atoms with Crippen molar-refractivity contribution >= 4 is 50.5 Å². The van der Waals surface area contributed by atoms with Gasteiger partial charge in [0, 0.05) is 54.1 Å². The zero-order chi connectivity index (χ0) is 30.6. The van der Waals surface area contributed by atoms with Gasteiger partial charge in [-0.1, -0.05) is 60.7 Å². The molecule has 3 aliphatic heterocycles. The molecule has 3 N–H and O–H groups in total. The number of hydrogen-bond acceptors (Lipinski definition) is 6. The SMILES string of the molecule is CS(=O)(=O)CCN1CCC(NC(=O)[C@@H]2NC3(CCCCC3)C3(C(=O)Nc4cc(Cl)ccc43)[C@H]2c2cccc(Cl)c2F)CC1. The molecule has 43 heavy (non-hydrogen) atoms. The number of piperidine rings is 1. The molecule has 1 saturated carbocycles. The van der Waals surface area contributed by atoms with Gasteiger partial charge in [-0.15, -0.1) is 0 Å². The van der Waals surface area contributed by atoms with E-state index in [1.54, 1.807) is 24.3 Å². The third-order valence-electron chi connectivity index (χ3n) is 10.0. The Hall–Kier alpha value is -2.24. The molecule has 0 bridgehead atoms. The van der Waals surface area contributed by atoms with Gasteiger partial charge in [0.2, 0.25) is 11.8 Å². The summed E-state index contributed by atoms with van der Waals surface area (Å²) in [6.07, 6.45) is 6.63. The number of benzene rings is 2. The molecule has 4 aliphatic rings. The number of nitrogens with zero attached hydrogens (tertiary/aromatic N) is 1. The van der Waals surface area contributed by atoms with Gasteiger partial charge in [0.05, 0.1) is 16.8 Å². The molecule has 3 heterocycles. The van der Waals surface area contributed by atoms with Crippen LogP contribution in [0.3, 0.4) is 0 Å². The monoisotopic (exact) mass is 650 g/mol. The first-order valence-electron chi connectivity index (χ1n) is 15.0. The van der Waals surface area contributed by atoms with E-state index < -0.39 is 38.6 Å². The number of fused-ring (bicyclic) bond motifs is 3. The van der Waals surface area contributed by atoms with Crippen LogP contribution in [0.2, 0.25) is 10.0 Å². The Bertz CT molecular complexity index is 1540. The number of nitrogens with one attached hydrogen (secondary N) is 3. The average Bonchev–Trinajstić information content (AvgIpc) is 3.41. The average molecular weight is 652 g/mol. The van der Waals surface area contributed by atoms with E-state index in [4.69, 9.17) is 23.2 Å². The zero-order valence-electron chi connectivity index (χ0n) is 24.1. The Kier molecular flexibility index (Phi) is 8.30. The smallest absolute Gasteiger partial charge is 0.238 e. The molecule has 0 radical (unpaired) electrons. The number of anilines is 1. The third-order valence-corrected chi connectivity index (χ3v) is 11.5. The lowest BCUT2D eigenvalue weighted by Crippen LogP contribution is -2.60. The molecule has 3 atom stereocenters. The lowest BCUT2D eigenvalue weighted by Gasteiger charge is -2.47. The highest BCUT2D eigenvalue weighted by molar-refractivity contribution is 7.90. The second-order valence-electron chi connectivity index (χ2n) is 12.6. The second-order valence-corrected chi connectivity index (χ2v) is 15.7. The van der Waals surface area contributed by atoms with E-state index in [1.165, 1.54) is 12.3 Å². The molecular formula is C31H37Cl2FN4O4S. The summed E-state index contributed by atoms with van der Waals surface area (Å²) < 4.78 is 39.2. The minimum Gasteiger partial charge on any atom is -0.352 e. The van der Waals surface area contributed by atoms with E-state index in [1.807, 2.05) is 6.07 Å². The van der Waals surface area contributed by atoms with Crippen LogP contribution in [0.1, 0.15) is 62.0 Å². The Morgan fingerprint density at radius 2 is 1.84 bits per heavy atom. The van der Waals surface area contributed by atoms with Crippen LogP contribution in [0, 0.1) is 5.82 Å². The van der Waals surface area contributed by atoms with Gasteiger partial charge >= 0.3 is 0 Å². The van der Waals surface area contributed by atoms with Gasteiger partial charge in [-0.25, -0.2) is 12.8 Å². The summed E-state index contributed by atoms with van der Waals surface area (Å²) in [4.78, 5) is 30.8. The molecule has 0 aromatic heterocycles. The lowest BCUT2D eigenvalue weighted by atomic mass is 9.55. The Labute approximate surface area is 262 Å². The third kappa shape index (κ3) is 5.37. The Balaban J connectivity index is 1.38. The number of carbonyl (C=O) groups excluding carboxylic acids is 2. The Morgan fingerprint density at radius 3 is 2.53 bits per heavy atom. The number of carbonyl (C=O) groups is 2. The quantitative estimate of drug-likeness (QED) is 0.428. The van der Waals surface area contributed by atoms with Crippen LogP contribution in [0.25, 0.3) is 0 Å². The van der Waals surface area contributed by atoms with E-state index in [2.05, 4.69) is 20.9 Å². The van der Waals surface area contributed by atoms with Crippen LogP contribution in [-0.2, 0) is 24.8 Å². The minimum absolute atomic E-state index is 0.0624. The first-order chi connectivity index (χ1) is 20.4.